The second-order valence-electron chi connectivity index (χ2n) is 4.13. The summed E-state index contributed by atoms with van der Waals surface area (Å²) in [6.07, 6.45) is -2.04. The van der Waals surface area contributed by atoms with E-state index in [0.717, 1.165) is 0 Å². The zero-order valence-electron chi connectivity index (χ0n) is 10.5. The van der Waals surface area contributed by atoms with E-state index in [9.17, 15) is 15.0 Å². The average molecular weight is 289 g/mol. The van der Waals surface area contributed by atoms with Crippen molar-refractivity contribution in [3.05, 3.63) is 29.3 Å². The van der Waals surface area contributed by atoms with Crippen LogP contribution in [0.15, 0.2) is 18.2 Å². The number of rotatable bonds is 7. The van der Waals surface area contributed by atoms with E-state index in [1.54, 1.807) is 12.1 Å². The molecule has 5 nitrogen and oxygen atoms in total. The Morgan fingerprint density at radius 3 is 2.63 bits per heavy atom. The highest BCUT2D eigenvalue weighted by atomic mass is 35.5. The Hall–Kier alpha value is -1.30. The van der Waals surface area contributed by atoms with Crippen LogP contribution >= 0.6 is 11.6 Å². The first-order valence-corrected chi connectivity index (χ1v) is 6.33. The molecule has 0 heterocycles. The Balaban J connectivity index is 2.99. The summed E-state index contributed by atoms with van der Waals surface area (Å²) in [6, 6.07) is 4.69. The zero-order chi connectivity index (χ0) is 14.4. The third-order valence-electron chi connectivity index (χ3n) is 2.76. The summed E-state index contributed by atoms with van der Waals surface area (Å²) < 4.78 is 5.06. The number of carboxylic acids is 1. The van der Waals surface area contributed by atoms with Crippen LogP contribution in [0.25, 0.3) is 0 Å². The highest BCUT2D eigenvalue weighted by molar-refractivity contribution is 6.17. The summed E-state index contributed by atoms with van der Waals surface area (Å²) >= 11 is 5.51. The molecule has 0 aliphatic rings. The number of hydrogen-bond acceptors (Lipinski definition) is 4. The van der Waals surface area contributed by atoms with Crippen LogP contribution in [0.3, 0.4) is 0 Å². The molecule has 0 saturated heterocycles. The summed E-state index contributed by atoms with van der Waals surface area (Å²) in [5.74, 6) is -0.326. The molecule has 1 aromatic carbocycles. The molecule has 6 heteroatoms. The highest BCUT2D eigenvalue weighted by Gasteiger charge is 2.19. The number of aliphatic hydroxyl groups is 2. The van der Waals surface area contributed by atoms with Gasteiger partial charge in [0.15, 0.2) is 0 Å². The Morgan fingerprint density at radius 2 is 2.11 bits per heavy atom. The van der Waals surface area contributed by atoms with Gasteiger partial charge in [-0.15, -0.1) is 11.6 Å². The fourth-order valence-corrected chi connectivity index (χ4v) is 2.00. The van der Waals surface area contributed by atoms with E-state index in [2.05, 4.69) is 0 Å². The molecule has 0 amide bonds. The van der Waals surface area contributed by atoms with Crippen LogP contribution in [0.5, 0.6) is 5.75 Å². The van der Waals surface area contributed by atoms with Crippen molar-refractivity contribution in [3.8, 4) is 5.75 Å². The molecule has 0 fully saturated rings. The summed E-state index contributed by atoms with van der Waals surface area (Å²) in [5.41, 5.74) is 0.888. The number of aliphatic carboxylic acids is 1. The van der Waals surface area contributed by atoms with Crippen LogP contribution in [0.2, 0.25) is 0 Å². The number of aliphatic hydroxyl groups excluding tert-OH is 2. The van der Waals surface area contributed by atoms with Gasteiger partial charge in [-0.05, 0) is 24.1 Å². The van der Waals surface area contributed by atoms with Crippen LogP contribution in [-0.4, -0.2) is 40.4 Å². The summed E-state index contributed by atoms with van der Waals surface area (Å²) in [6.45, 7) is 0. The van der Waals surface area contributed by atoms with Crippen molar-refractivity contribution in [2.45, 2.75) is 25.0 Å². The maximum absolute atomic E-state index is 10.8. The maximum atomic E-state index is 10.8. The molecule has 1 rings (SSSR count). The van der Waals surface area contributed by atoms with Crippen molar-refractivity contribution in [1.82, 2.24) is 0 Å². The van der Waals surface area contributed by atoms with Crippen LogP contribution in [-0.2, 0) is 11.2 Å². The Kier molecular flexibility index (Phi) is 6.08. The van der Waals surface area contributed by atoms with E-state index in [-0.39, 0.29) is 18.7 Å². The fraction of sp³-hybridized carbons (Fsp3) is 0.462. The summed E-state index contributed by atoms with van der Waals surface area (Å²) in [7, 11) is 1.44. The van der Waals surface area contributed by atoms with Gasteiger partial charge in [0.2, 0.25) is 0 Å². The Bertz CT molecular complexity index is 435. The molecule has 2 atom stereocenters. The van der Waals surface area contributed by atoms with Crippen molar-refractivity contribution in [1.29, 1.82) is 0 Å². The third-order valence-corrected chi connectivity index (χ3v) is 2.98. The van der Waals surface area contributed by atoms with E-state index in [1.165, 1.54) is 13.2 Å². The number of alkyl halides is 1. The molecule has 106 valence electrons. The third kappa shape index (κ3) is 4.38. The minimum absolute atomic E-state index is 0.213. The second kappa shape index (κ2) is 7.33. The molecule has 0 aliphatic heterocycles. The highest BCUT2D eigenvalue weighted by Crippen LogP contribution is 2.26. The van der Waals surface area contributed by atoms with E-state index in [0.29, 0.717) is 16.9 Å². The minimum Gasteiger partial charge on any atom is -0.496 e. The van der Waals surface area contributed by atoms with Crippen LogP contribution in [0.4, 0.5) is 0 Å². The predicted molar refractivity (Wildman–Crippen MR) is 70.6 cm³/mol. The molecule has 2 unspecified atom stereocenters. The van der Waals surface area contributed by atoms with Crippen LogP contribution in [0, 0.1) is 0 Å². The fourth-order valence-electron chi connectivity index (χ4n) is 1.78. The number of carboxylic acid groups (broad SMARTS) is 1. The topological polar surface area (TPSA) is 87.0 Å². The molecular formula is C13H17ClO5. The van der Waals surface area contributed by atoms with E-state index in [1.807, 2.05) is 0 Å². The quantitative estimate of drug-likeness (QED) is 0.659. The lowest BCUT2D eigenvalue weighted by Crippen LogP contribution is -2.19. The van der Waals surface area contributed by atoms with Crippen molar-refractivity contribution >= 4 is 17.6 Å². The number of methoxy groups -OCH3 is 1. The minimum atomic E-state index is -1.10. The van der Waals surface area contributed by atoms with Crippen LogP contribution in [0.1, 0.15) is 23.7 Å². The summed E-state index contributed by atoms with van der Waals surface area (Å²) in [5, 5.41) is 28.5. The normalized spacial score (nSPS) is 13.9. The Labute approximate surface area is 116 Å². The first-order valence-electron chi connectivity index (χ1n) is 5.80. The van der Waals surface area contributed by atoms with Gasteiger partial charge in [-0.3, -0.25) is 4.79 Å². The van der Waals surface area contributed by atoms with Crippen LogP contribution < -0.4 is 4.74 Å². The maximum Gasteiger partial charge on any atom is 0.307 e. The molecule has 1 aromatic rings. The molecule has 0 saturated carbocycles. The molecule has 19 heavy (non-hydrogen) atoms. The van der Waals surface area contributed by atoms with Gasteiger partial charge in [0, 0.05) is 11.4 Å². The van der Waals surface area contributed by atoms with Gasteiger partial charge in [0.05, 0.1) is 19.6 Å². The number of halogens is 1. The zero-order valence-corrected chi connectivity index (χ0v) is 11.3. The van der Waals surface area contributed by atoms with E-state index >= 15 is 0 Å². The molecule has 0 bridgehead atoms. The van der Waals surface area contributed by atoms with Crippen molar-refractivity contribution in [3.63, 3.8) is 0 Å². The van der Waals surface area contributed by atoms with Gasteiger partial charge in [0.25, 0.3) is 0 Å². The van der Waals surface area contributed by atoms with Gasteiger partial charge < -0.3 is 20.1 Å². The van der Waals surface area contributed by atoms with Gasteiger partial charge in [-0.25, -0.2) is 0 Å². The van der Waals surface area contributed by atoms with Gasteiger partial charge in [0.1, 0.15) is 11.9 Å². The lowest BCUT2D eigenvalue weighted by Gasteiger charge is -2.18. The van der Waals surface area contributed by atoms with Gasteiger partial charge >= 0.3 is 5.97 Å². The summed E-state index contributed by atoms with van der Waals surface area (Å²) in [4.78, 5) is 10.8. The molecule has 0 aliphatic carbocycles. The SMILES string of the molecule is COc1ccc(C(O)C(O)CCCl)cc1CC(=O)O. The Morgan fingerprint density at radius 1 is 1.42 bits per heavy atom. The molecule has 0 spiro atoms. The molecule has 3 N–H and O–H groups in total. The predicted octanol–water partition coefficient (Wildman–Crippen LogP) is 1.35. The first-order chi connectivity index (χ1) is 8.99. The number of carbonyl (C=O) groups is 1. The lowest BCUT2D eigenvalue weighted by molar-refractivity contribution is -0.136. The average Bonchev–Trinajstić information content (AvgIpc) is 2.37. The largest absolute Gasteiger partial charge is 0.496 e. The van der Waals surface area contributed by atoms with E-state index in [4.69, 9.17) is 21.4 Å². The standard InChI is InChI=1S/C13H17ClO5/c1-19-11-3-2-8(6-9(11)7-12(16)17)13(18)10(15)4-5-14/h2-3,6,10,13,15,18H,4-5,7H2,1H3,(H,16,17). The molecular weight excluding hydrogens is 272 g/mol. The van der Waals surface area contributed by atoms with Gasteiger partial charge in [-0.2, -0.15) is 0 Å². The number of hydrogen-bond donors (Lipinski definition) is 3. The smallest absolute Gasteiger partial charge is 0.307 e. The van der Waals surface area contributed by atoms with Crippen molar-refractivity contribution < 1.29 is 24.9 Å². The molecule has 0 aromatic heterocycles. The van der Waals surface area contributed by atoms with Crippen molar-refractivity contribution in [2.75, 3.05) is 13.0 Å². The first kappa shape index (κ1) is 15.8. The monoisotopic (exact) mass is 288 g/mol. The number of ether oxygens (including phenoxy) is 1. The molecule has 0 radical (unpaired) electrons. The number of benzene rings is 1. The van der Waals surface area contributed by atoms with E-state index < -0.39 is 18.2 Å². The lowest BCUT2D eigenvalue weighted by atomic mass is 9.99. The van der Waals surface area contributed by atoms with Crippen molar-refractivity contribution in [2.24, 2.45) is 0 Å². The van der Waals surface area contributed by atoms with Gasteiger partial charge in [-0.1, -0.05) is 6.07 Å². The second-order valence-corrected chi connectivity index (χ2v) is 4.51.